The van der Waals surface area contributed by atoms with Gasteiger partial charge in [-0.1, -0.05) is 12.1 Å². The summed E-state index contributed by atoms with van der Waals surface area (Å²) in [6.45, 7) is -0.301. The van der Waals surface area contributed by atoms with Crippen LogP contribution in [0.5, 0.6) is 5.75 Å². The Morgan fingerprint density at radius 1 is 1.00 bits per heavy atom. The summed E-state index contributed by atoms with van der Waals surface area (Å²) >= 11 is 0. The number of rotatable bonds is 5. The second-order valence-electron chi connectivity index (χ2n) is 6.78. The van der Waals surface area contributed by atoms with E-state index in [4.69, 9.17) is 9.47 Å². The molecule has 0 spiro atoms. The molecule has 0 aliphatic carbocycles. The first-order valence-electron chi connectivity index (χ1n) is 9.06. The predicted octanol–water partition coefficient (Wildman–Crippen LogP) is 1.84. The van der Waals surface area contributed by atoms with Gasteiger partial charge in [-0.05, 0) is 36.4 Å². The highest BCUT2D eigenvalue weighted by atomic mass is 16.5. The van der Waals surface area contributed by atoms with Crippen molar-refractivity contribution in [2.75, 3.05) is 25.3 Å². The zero-order valence-corrected chi connectivity index (χ0v) is 15.7. The van der Waals surface area contributed by atoms with Gasteiger partial charge in [0.15, 0.2) is 6.73 Å². The van der Waals surface area contributed by atoms with Crippen LogP contribution in [-0.4, -0.2) is 49.0 Å². The maximum absolute atomic E-state index is 12.4. The lowest BCUT2D eigenvalue weighted by atomic mass is 10.1. The summed E-state index contributed by atoms with van der Waals surface area (Å²) in [6, 6.07) is 13.4. The molecule has 1 fully saturated rings. The number of benzene rings is 2. The normalized spacial score (nSPS) is 18.2. The van der Waals surface area contributed by atoms with Crippen molar-refractivity contribution in [2.24, 2.45) is 5.92 Å². The number of nitrogens with zero attached hydrogens (tertiary/aromatic N) is 2. The minimum absolute atomic E-state index is 0.00693. The minimum atomic E-state index is -0.667. The monoisotopic (exact) mass is 394 g/mol. The summed E-state index contributed by atoms with van der Waals surface area (Å²) in [5, 5.41) is 0. The van der Waals surface area contributed by atoms with Gasteiger partial charge in [-0.2, -0.15) is 0 Å². The smallest absolute Gasteiger partial charge is 0.313 e. The van der Waals surface area contributed by atoms with E-state index in [-0.39, 0.29) is 30.0 Å². The van der Waals surface area contributed by atoms with Gasteiger partial charge < -0.3 is 14.4 Å². The van der Waals surface area contributed by atoms with Crippen molar-refractivity contribution in [3.63, 3.8) is 0 Å². The first-order chi connectivity index (χ1) is 14.0. The molecule has 148 valence electrons. The van der Waals surface area contributed by atoms with E-state index in [1.165, 1.54) is 4.90 Å². The van der Waals surface area contributed by atoms with Gasteiger partial charge in [0.2, 0.25) is 5.91 Å². The number of imide groups is 1. The molecule has 2 aromatic rings. The Bertz CT molecular complexity index is 965. The number of hydrogen-bond donors (Lipinski definition) is 0. The number of methoxy groups -OCH3 is 1. The second-order valence-corrected chi connectivity index (χ2v) is 6.78. The SMILES string of the molecule is COc1ccc(N2C[C@H](C(=O)OCN3C(=O)c4ccccc4C3=O)CC2=O)cc1. The third-order valence-corrected chi connectivity index (χ3v) is 5.06. The molecule has 0 bridgehead atoms. The quantitative estimate of drug-likeness (QED) is 0.568. The van der Waals surface area contributed by atoms with Gasteiger partial charge in [0.1, 0.15) is 5.75 Å². The zero-order chi connectivity index (χ0) is 20.5. The number of ether oxygens (including phenoxy) is 2. The fraction of sp³-hybridized carbons (Fsp3) is 0.238. The van der Waals surface area contributed by atoms with Crippen LogP contribution >= 0.6 is 0 Å². The molecule has 1 atom stereocenters. The standard InChI is InChI=1S/C21H18N2O6/c1-28-15-8-6-14(7-9-15)22-11-13(10-18(22)24)21(27)29-12-23-19(25)16-4-2-3-5-17(16)20(23)26/h2-9,13H,10-12H2,1H3/t13-/m1/s1. The number of hydrogen-bond acceptors (Lipinski definition) is 6. The lowest BCUT2D eigenvalue weighted by Gasteiger charge is -2.18. The molecule has 29 heavy (non-hydrogen) atoms. The minimum Gasteiger partial charge on any atom is -0.497 e. The van der Waals surface area contributed by atoms with Crippen LogP contribution in [-0.2, 0) is 14.3 Å². The number of amides is 3. The average Bonchev–Trinajstić information content (AvgIpc) is 3.25. The van der Waals surface area contributed by atoms with Crippen LogP contribution in [0.4, 0.5) is 5.69 Å². The molecular weight excluding hydrogens is 376 g/mol. The molecular formula is C21H18N2O6. The van der Waals surface area contributed by atoms with Gasteiger partial charge in [0.25, 0.3) is 11.8 Å². The van der Waals surface area contributed by atoms with Gasteiger partial charge in [-0.25, -0.2) is 4.90 Å². The van der Waals surface area contributed by atoms with Crippen LogP contribution < -0.4 is 9.64 Å². The number of esters is 1. The Kier molecular flexibility index (Phi) is 4.75. The first kappa shape index (κ1) is 18.7. The van der Waals surface area contributed by atoms with Crippen molar-refractivity contribution in [2.45, 2.75) is 6.42 Å². The van der Waals surface area contributed by atoms with Gasteiger partial charge in [0, 0.05) is 18.7 Å². The molecule has 0 saturated carbocycles. The Morgan fingerprint density at radius 3 is 2.21 bits per heavy atom. The van der Waals surface area contributed by atoms with Crippen molar-refractivity contribution in [3.05, 3.63) is 59.7 Å². The zero-order valence-electron chi connectivity index (χ0n) is 15.7. The Labute approximate surface area is 166 Å². The summed E-state index contributed by atoms with van der Waals surface area (Å²) in [4.78, 5) is 51.8. The summed E-state index contributed by atoms with van der Waals surface area (Å²) in [6.07, 6.45) is 0.00693. The van der Waals surface area contributed by atoms with Gasteiger partial charge in [-0.15, -0.1) is 0 Å². The molecule has 2 aliphatic heterocycles. The fourth-order valence-corrected chi connectivity index (χ4v) is 3.48. The van der Waals surface area contributed by atoms with Gasteiger partial charge in [0.05, 0.1) is 24.2 Å². The summed E-state index contributed by atoms with van der Waals surface area (Å²) < 4.78 is 10.3. The van der Waals surface area contributed by atoms with E-state index in [0.29, 0.717) is 11.4 Å². The molecule has 4 rings (SSSR count). The largest absolute Gasteiger partial charge is 0.497 e. The van der Waals surface area contributed by atoms with E-state index in [0.717, 1.165) is 4.90 Å². The van der Waals surface area contributed by atoms with Crippen LogP contribution in [0, 0.1) is 5.92 Å². The molecule has 0 radical (unpaired) electrons. The third kappa shape index (κ3) is 3.33. The lowest BCUT2D eigenvalue weighted by molar-refractivity contribution is -0.151. The highest BCUT2D eigenvalue weighted by Crippen LogP contribution is 2.28. The maximum atomic E-state index is 12.4. The van der Waals surface area contributed by atoms with E-state index in [1.807, 2.05) is 0 Å². The number of carbonyl (C=O) groups excluding carboxylic acids is 4. The lowest BCUT2D eigenvalue weighted by Crippen LogP contribution is -2.35. The predicted molar refractivity (Wildman–Crippen MR) is 101 cm³/mol. The van der Waals surface area contributed by atoms with Crippen molar-refractivity contribution in [1.82, 2.24) is 4.90 Å². The summed E-state index contributed by atoms with van der Waals surface area (Å²) in [7, 11) is 1.55. The van der Waals surface area contributed by atoms with E-state index >= 15 is 0 Å². The number of anilines is 1. The molecule has 3 amide bonds. The molecule has 8 heteroatoms. The fourth-order valence-electron chi connectivity index (χ4n) is 3.48. The van der Waals surface area contributed by atoms with Crippen LogP contribution in [0.15, 0.2) is 48.5 Å². The van der Waals surface area contributed by atoms with Crippen molar-refractivity contribution in [1.29, 1.82) is 0 Å². The van der Waals surface area contributed by atoms with Crippen LogP contribution in [0.1, 0.15) is 27.1 Å². The van der Waals surface area contributed by atoms with Gasteiger partial charge >= 0.3 is 5.97 Å². The molecule has 2 aromatic carbocycles. The van der Waals surface area contributed by atoms with Crippen molar-refractivity contribution in [3.8, 4) is 5.75 Å². The van der Waals surface area contributed by atoms with Gasteiger partial charge in [-0.3, -0.25) is 19.2 Å². The summed E-state index contributed by atoms with van der Waals surface area (Å²) in [5.41, 5.74) is 1.23. The third-order valence-electron chi connectivity index (χ3n) is 5.06. The Balaban J connectivity index is 1.38. The molecule has 0 N–H and O–H groups in total. The summed E-state index contributed by atoms with van der Waals surface area (Å²) in [5.74, 6) is -1.82. The van der Waals surface area contributed by atoms with Crippen molar-refractivity contribution < 1.29 is 28.7 Å². The van der Waals surface area contributed by atoms with Crippen LogP contribution in [0.2, 0.25) is 0 Å². The van der Waals surface area contributed by atoms with Crippen LogP contribution in [0.3, 0.4) is 0 Å². The highest BCUT2D eigenvalue weighted by Gasteiger charge is 2.39. The molecule has 0 unspecified atom stereocenters. The molecule has 2 heterocycles. The number of carbonyl (C=O) groups is 4. The van der Waals surface area contributed by atoms with Crippen molar-refractivity contribution >= 4 is 29.4 Å². The van der Waals surface area contributed by atoms with E-state index in [1.54, 1.807) is 55.6 Å². The molecule has 1 saturated heterocycles. The van der Waals surface area contributed by atoms with E-state index in [2.05, 4.69) is 0 Å². The first-order valence-corrected chi connectivity index (χ1v) is 9.06. The molecule has 0 aromatic heterocycles. The van der Waals surface area contributed by atoms with Crippen LogP contribution in [0.25, 0.3) is 0 Å². The molecule has 2 aliphatic rings. The van der Waals surface area contributed by atoms with E-state index < -0.39 is 30.4 Å². The second kappa shape index (κ2) is 7.38. The van der Waals surface area contributed by atoms with E-state index in [9.17, 15) is 19.2 Å². The molecule has 8 nitrogen and oxygen atoms in total. The topological polar surface area (TPSA) is 93.2 Å². The maximum Gasteiger partial charge on any atom is 0.313 e. The Morgan fingerprint density at radius 2 is 1.62 bits per heavy atom. The highest BCUT2D eigenvalue weighted by molar-refractivity contribution is 6.21. The Hall–Kier alpha value is -3.68. The number of fused-ring (bicyclic) bond motifs is 1. The average molecular weight is 394 g/mol.